The summed E-state index contributed by atoms with van der Waals surface area (Å²) in [7, 11) is 1.59. The Bertz CT molecular complexity index is 333. The second kappa shape index (κ2) is 6.34. The highest BCUT2D eigenvalue weighted by Gasteiger charge is 2.37. The maximum Gasteiger partial charge on any atom is 0.321 e. The summed E-state index contributed by atoms with van der Waals surface area (Å²) in [6.07, 6.45) is 2.33. The second-order valence-corrected chi connectivity index (χ2v) is 4.37. The van der Waals surface area contributed by atoms with Crippen LogP contribution < -0.4 is 10.6 Å². The summed E-state index contributed by atoms with van der Waals surface area (Å²) < 4.78 is 5.30. The average molecular weight is 258 g/mol. The number of hydrogen-bond donors (Lipinski definition) is 3. The van der Waals surface area contributed by atoms with Crippen LogP contribution in [0, 0.1) is 0 Å². The van der Waals surface area contributed by atoms with Crippen LogP contribution in [0.3, 0.4) is 0 Å². The van der Waals surface area contributed by atoms with Crippen molar-refractivity contribution in [1.29, 1.82) is 0 Å². The molecule has 1 saturated carbocycles. The largest absolute Gasteiger partial charge is 0.481 e. The Balaban J connectivity index is 2.20. The molecule has 1 aliphatic rings. The summed E-state index contributed by atoms with van der Waals surface area (Å²) in [5.41, 5.74) is -0.304. The molecule has 7 heteroatoms. The molecule has 0 aromatic heterocycles. The second-order valence-electron chi connectivity index (χ2n) is 4.37. The maximum absolute atomic E-state index is 11.4. The van der Waals surface area contributed by atoms with Crippen molar-refractivity contribution in [3.8, 4) is 0 Å². The minimum absolute atomic E-state index is 0.210. The molecule has 1 rings (SSSR count). The predicted molar refractivity (Wildman–Crippen MR) is 62.0 cm³/mol. The van der Waals surface area contributed by atoms with Gasteiger partial charge in [0.25, 0.3) is 0 Å². The molecule has 0 aromatic carbocycles. The highest BCUT2D eigenvalue weighted by molar-refractivity contribution is 5.95. The van der Waals surface area contributed by atoms with Crippen molar-refractivity contribution < 1.29 is 24.2 Å². The highest BCUT2D eigenvalue weighted by atomic mass is 16.5. The summed E-state index contributed by atoms with van der Waals surface area (Å²) >= 11 is 0. The van der Waals surface area contributed by atoms with Gasteiger partial charge in [-0.2, -0.15) is 0 Å². The summed E-state index contributed by atoms with van der Waals surface area (Å²) in [6, 6.07) is -0.617. The van der Waals surface area contributed by atoms with Crippen LogP contribution in [0.5, 0.6) is 0 Å². The molecule has 0 aromatic rings. The lowest BCUT2D eigenvalue weighted by Crippen LogP contribution is -2.52. The predicted octanol–water partition coefficient (Wildman–Crippen LogP) is 0.246. The number of carboxylic acids is 1. The zero-order chi connectivity index (χ0) is 13.6. The molecule has 0 heterocycles. The summed E-state index contributed by atoms with van der Waals surface area (Å²) in [5, 5.41) is 13.0. The fourth-order valence-corrected chi connectivity index (χ4v) is 1.72. The number of carboxylic acid groups (broad SMARTS) is 1. The SMILES string of the molecule is COC1(CNC(=O)NC(=O)CCC(=O)O)CCC1. The number of methoxy groups -OCH3 is 1. The van der Waals surface area contributed by atoms with Gasteiger partial charge in [0.05, 0.1) is 12.0 Å². The minimum atomic E-state index is -1.07. The molecule has 0 radical (unpaired) electrons. The Kier molecular flexibility index (Phi) is 5.08. The van der Waals surface area contributed by atoms with Crippen molar-refractivity contribution >= 4 is 17.9 Å². The van der Waals surface area contributed by atoms with Gasteiger partial charge in [-0.3, -0.25) is 14.9 Å². The smallest absolute Gasteiger partial charge is 0.321 e. The molecule has 0 aliphatic heterocycles. The number of rotatable bonds is 6. The Morgan fingerprint density at radius 1 is 1.28 bits per heavy atom. The molecule has 1 fully saturated rings. The highest BCUT2D eigenvalue weighted by Crippen LogP contribution is 2.34. The summed E-state index contributed by atoms with van der Waals surface area (Å²) in [6.45, 7) is 0.349. The van der Waals surface area contributed by atoms with Gasteiger partial charge in [-0.05, 0) is 19.3 Å². The lowest BCUT2D eigenvalue weighted by molar-refractivity contribution is -0.138. The lowest BCUT2D eigenvalue weighted by atomic mass is 9.80. The van der Waals surface area contributed by atoms with Crippen molar-refractivity contribution in [1.82, 2.24) is 10.6 Å². The molecule has 0 saturated heterocycles. The number of hydrogen-bond acceptors (Lipinski definition) is 4. The number of amides is 3. The molecule has 0 atom stereocenters. The van der Waals surface area contributed by atoms with E-state index in [1.807, 2.05) is 0 Å². The third kappa shape index (κ3) is 4.33. The van der Waals surface area contributed by atoms with Gasteiger partial charge in [0.15, 0.2) is 0 Å². The van der Waals surface area contributed by atoms with Crippen molar-refractivity contribution in [3.05, 3.63) is 0 Å². The maximum atomic E-state index is 11.4. The van der Waals surface area contributed by atoms with E-state index in [0.29, 0.717) is 6.54 Å². The van der Waals surface area contributed by atoms with Crippen molar-refractivity contribution in [2.75, 3.05) is 13.7 Å². The Labute approximate surface area is 105 Å². The molecule has 102 valence electrons. The standard InChI is InChI=1S/C11H18N2O5/c1-18-11(5-2-6-11)7-12-10(17)13-8(14)3-4-9(15)16/h2-7H2,1H3,(H,15,16)(H2,12,13,14,17). The quantitative estimate of drug-likeness (QED) is 0.633. The van der Waals surface area contributed by atoms with Gasteiger partial charge < -0.3 is 15.2 Å². The number of carbonyl (C=O) groups excluding carboxylic acids is 2. The number of imide groups is 1. The monoisotopic (exact) mass is 258 g/mol. The van der Waals surface area contributed by atoms with Crippen molar-refractivity contribution in [2.45, 2.75) is 37.7 Å². The molecule has 1 aliphatic carbocycles. The van der Waals surface area contributed by atoms with Crippen molar-refractivity contribution in [2.24, 2.45) is 0 Å². The van der Waals surface area contributed by atoms with Crippen LogP contribution in [-0.2, 0) is 14.3 Å². The molecule has 3 N–H and O–H groups in total. The topological polar surface area (TPSA) is 105 Å². The van der Waals surface area contributed by atoms with Gasteiger partial charge in [0.1, 0.15) is 0 Å². The van der Waals surface area contributed by atoms with Crippen LogP contribution in [0.15, 0.2) is 0 Å². The Morgan fingerprint density at radius 3 is 2.39 bits per heavy atom. The lowest BCUT2D eigenvalue weighted by Gasteiger charge is -2.40. The number of carbonyl (C=O) groups is 3. The summed E-state index contributed by atoms with van der Waals surface area (Å²) in [4.78, 5) is 32.8. The van der Waals surface area contributed by atoms with Crippen LogP contribution >= 0.6 is 0 Å². The molecule has 0 bridgehead atoms. The zero-order valence-corrected chi connectivity index (χ0v) is 10.3. The molecule has 18 heavy (non-hydrogen) atoms. The molecular weight excluding hydrogens is 240 g/mol. The van der Waals surface area contributed by atoms with Crippen LogP contribution in [0.1, 0.15) is 32.1 Å². The zero-order valence-electron chi connectivity index (χ0n) is 10.3. The number of urea groups is 1. The molecule has 0 spiro atoms. The Morgan fingerprint density at radius 2 is 1.94 bits per heavy atom. The van der Waals surface area contributed by atoms with E-state index < -0.39 is 17.9 Å². The van der Waals surface area contributed by atoms with E-state index >= 15 is 0 Å². The van der Waals surface area contributed by atoms with Gasteiger partial charge in [-0.15, -0.1) is 0 Å². The van der Waals surface area contributed by atoms with Gasteiger partial charge in [-0.1, -0.05) is 0 Å². The third-order valence-corrected chi connectivity index (χ3v) is 3.09. The van der Waals surface area contributed by atoms with Gasteiger partial charge in [0, 0.05) is 20.1 Å². The Hall–Kier alpha value is -1.63. The van der Waals surface area contributed by atoms with Crippen LogP contribution in [0.2, 0.25) is 0 Å². The van der Waals surface area contributed by atoms with E-state index in [9.17, 15) is 14.4 Å². The number of aliphatic carboxylic acids is 1. The third-order valence-electron chi connectivity index (χ3n) is 3.09. The van der Waals surface area contributed by atoms with Crippen LogP contribution in [0.4, 0.5) is 4.79 Å². The van der Waals surface area contributed by atoms with E-state index in [-0.39, 0.29) is 18.4 Å². The normalized spacial score (nSPS) is 16.5. The first-order chi connectivity index (χ1) is 8.47. The van der Waals surface area contributed by atoms with Gasteiger partial charge >= 0.3 is 12.0 Å². The average Bonchev–Trinajstić information content (AvgIpc) is 2.25. The van der Waals surface area contributed by atoms with E-state index in [2.05, 4.69) is 10.6 Å². The first kappa shape index (κ1) is 14.4. The minimum Gasteiger partial charge on any atom is -0.481 e. The molecular formula is C11H18N2O5. The molecule has 0 unspecified atom stereocenters. The first-order valence-electron chi connectivity index (χ1n) is 5.82. The number of ether oxygens (including phenoxy) is 1. The first-order valence-corrected chi connectivity index (χ1v) is 5.82. The van der Waals surface area contributed by atoms with Gasteiger partial charge in [0.2, 0.25) is 5.91 Å². The van der Waals surface area contributed by atoms with E-state index in [4.69, 9.17) is 9.84 Å². The van der Waals surface area contributed by atoms with E-state index in [1.165, 1.54) is 0 Å². The fraction of sp³-hybridized carbons (Fsp3) is 0.727. The van der Waals surface area contributed by atoms with Gasteiger partial charge in [-0.25, -0.2) is 4.79 Å². The van der Waals surface area contributed by atoms with Crippen LogP contribution in [-0.4, -0.2) is 42.3 Å². The fourth-order valence-electron chi connectivity index (χ4n) is 1.72. The molecule has 3 amide bonds. The number of nitrogens with one attached hydrogen (secondary N) is 2. The van der Waals surface area contributed by atoms with Crippen LogP contribution in [0.25, 0.3) is 0 Å². The van der Waals surface area contributed by atoms with Crippen molar-refractivity contribution in [3.63, 3.8) is 0 Å². The molecule has 7 nitrogen and oxygen atoms in total. The van der Waals surface area contributed by atoms with E-state index in [0.717, 1.165) is 19.3 Å². The van der Waals surface area contributed by atoms with E-state index in [1.54, 1.807) is 7.11 Å². The summed E-state index contributed by atoms with van der Waals surface area (Å²) in [5.74, 6) is -1.67.